The van der Waals surface area contributed by atoms with Crippen molar-refractivity contribution in [1.82, 2.24) is 14.9 Å². The van der Waals surface area contributed by atoms with Crippen molar-refractivity contribution in [2.45, 2.75) is 65.5 Å². The zero-order chi connectivity index (χ0) is 27.4. The first-order valence-corrected chi connectivity index (χ1v) is 13.0. The van der Waals surface area contributed by atoms with Crippen molar-refractivity contribution >= 4 is 40.2 Å². The highest BCUT2D eigenvalue weighted by molar-refractivity contribution is 6.39. The lowest BCUT2D eigenvalue weighted by Gasteiger charge is -2.38. The summed E-state index contributed by atoms with van der Waals surface area (Å²) in [5.41, 5.74) is 1.45. The number of anilines is 2. The van der Waals surface area contributed by atoms with Crippen LogP contribution in [0.3, 0.4) is 0 Å². The minimum Gasteiger partial charge on any atom is -0.444 e. The summed E-state index contributed by atoms with van der Waals surface area (Å²) in [4.78, 5) is 48.8. The maximum absolute atomic E-state index is 13.4. The van der Waals surface area contributed by atoms with E-state index in [-0.39, 0.29) is 6.04 Å². The Labute approximate surface area is 223 Å². The van der Waals surface area contributed by atoms with Crippen LogP contribution in [0.25, 0.3) is 10.8 Å². The van der Waals surface area contributed by atoms with E-state index < -0.39 is 23.5 Å². The number of carbonyl (C=O) groups excluding carboxylic acids is 3. The van der Waals surface area contributed by atoms with Gasteiger partial charge in [0.05, 0.1) is 17.9 Å². The number of fused-ring (bicyclic) bond motifs is 1. The van der Waals surface area contributed by atoms with Crippen molar-refractivity contribution in [3.05, 3.63) is 60.0 Å². The van der Waals surface area contributed by atoms with Crippen LogP contribution in [0.2, 0.25) is 0 Å². The molecule has 0 unspecified atom stereocenters. The number of amides is 3. The van der Waals surface area contributed by atoms with Crippen LogP contribution < -0.4 is 10.6 Å². The highest BCUT2D eigenvalue weighted by atomic mass is 16.6. The molecular formula is C29H35N5O4. The number of nitrogens with one attached hydrogen (secondary N) is 2. The van der Waals surface area contributed by atoms with Crippen LogP contribution in [0.15, 0.2) is 48.9 Å². The number of nitrogens with zero attached hydrogens (tertiary/aromatic N) is 3. The summed E-state index contributed by atoms with van der Waals surface area (Å²) in [6.45, 7) is 9.84. The predicted octanol–water partition coefficient (Wildman–Crippen LogP) is 5.48. The third-order valence-electron chi connectivity index (χ3n) is 6.55. The molecule has 3 aromatic rings. The molecule has 1 saturated heterocycles. The molecule has 9 heteroatoms. The van der Waals surface area contributed by atoms with E-state index in [1.54, 1.807) is 37.9 Å². The van der Waals surface area contributed by atoms with Gasteiger partial charge in [-0.05, 0) is 80.7 Å². The number of hydrogen-bond donors (Lipinski definition) is 2. The summed E-state index contributed by atoms with van der Waals surface area (Å²) < 4.78 is 5.30. The first-order chi connectivity index (χ1) is 18.0. The molecule has 1 fully saturated rings. The lowest BCUT2D eigenvalue weighted by molar-refractivity contribution is -0.146. The number of pyridine rings is 2. The number of piperidine rings is 1. The molecule has 0 aliphatic carbocycles. The largest absolute Gasteiger partial charge is 0.444 e. The Balaban J connectivity index is 1.50. The van der Waals surface area contributed by atoms with Gasteiger partial charge in [-0.25, -0.2) is 9.78 Å². The second kappa shape index (κ2) is 11.2. The van der Waals surface area contributed by atoms with Crippen LogP contribution >= 0.6 is 0 Å². The van der Waals surface area contributed by atoms with E-state index in [2.05, 4.69) is 33.6 Å². The predicted molar refractivity (Wildman–Crippen MR) is 147 cm³/mol. The Hall–Kier alpha value is -4.01. The number of carbonyl (C=O) groups is 3. The molecule has 2 N–H and O–H groups in total. The van der Waals surface area contributed by atoms with Gasteiger partial charge in [-0.1, -0.05) is 26.0 Å². The van der Waals surface area contributed by atoms with Gasteiger partial charge in [-0.3, -0.25) is 19.9 Å². The quantitative estimate of drug-likeness (QED) is 0.443. The summed E-state index contributed by atoms with van der Waals surface area (Å²) >= 11 is 0. The normalized spacial score (nSPS) is 17.7. The smallest absolute Gasteiger partial charge is 0.413 e. The maximum Gasteiger partial charge on any atom is 0.413 e. The van der Waals surface area contributed by atoms with Crippen molar-refractivity contribution in [2.24, 2.45) is 5.92 Å². The molecule has 9 nitrogen and oxygen atoms in total. The fourth-order valence-electron chi connectivity index (χ4n) is 4.71. The van der Waals surface area contributed by atoms with E-state index in [0.29, 0.717) is 36.0 Å². The molecule has 38 heavy (non-hydrogen) atoms. The van der Waals surface area contributed by atoms with E-state index >= 15 is 0 Å². The number of hydrogen-bond acceptors (Lipinski definition) is 6. The fraction of sp³-hybridized carbons (Fsp3) is 0.414. The Kier molecular flexibility index (Phi) is 7.94. The average Bonchev–Trinajstić information content (AvgIpc) is 2.87. The number of rotatable bonds is 4. The molecule has 0 spiro atoms. The van der Waals surface area contributed by atoms with Crippen LogP contribution in [0, 0.1) is 5.92 Å². The summed E-state index contributed by atoms with van der Waals surface area (Å²) in [5, 5.41) is 7.43. The van der Waals surface area contributed by atoms with Gasteiger partial charge >= 0.3 is 17.9 Å². The van der Waals surface area contributed by atoms with E-state index in [1.165, 1.54) is 6.20 Å². The standard InChI is InChI=1S/C29H35N5O4/c1-6-19-14-23(16-31-25(19)33-28(37)38-29(3,4)5)32-26(35)27(36)34-17-18(2)7-10-24(34)21-8-9-22-15-30-12-11-20(22)13-21/h8-9,11-16,18,24H,6-7,10,17H2,1-5H3,(H,32,35)(H,31,33,37)/t18-,24+/m0/s1. The molecule has 3 amide bonds. The van der Waals surface area contributed by atoms with Crippen molar-refractivity contribution in [1.29, 1.82) is 0 Å². The number of benzene rings is 1. The van der Waals surface area contributed by atoms with Gasteiger partial charge in [0.25, 0.3) is 0 Å². The van der Waals surface area contributed by atoms with Crippen LogP contribution in [-0.4, -0.2) is 44.9 Å². The highest BCUT2D eigenvalue weighted by Gasteiger charge is 2.34. The molecule has 2 aromatic heterocycles. The van der Waals surface area contributed by atoms with Gasteiger partial charge in [0.1, 0.15) is 11.4 Å². The summed E-state index contributed by atoms with van der Waals surface area (Å²) in [6, 6.07) is 9.55. The minimum absolute atomic E-state index is 0.188. The Morgan fingerprint density at radius 2 is 1.84 bits per heavy atom. The number of aromatic nitrogens is 2. The van der Waals surface area contributed by atoms with E-state index in [4.69, 9.17) is 4.74 Å². The molecule has 0 radical (unpaired) electrons. The van der Waals surface area contributed by atoms with Gasteiger partial charge in [0, 0.05) is 24.3 Å². The Morgan fingerprint density at radius 3 is 2.58 bits per heavy atom. The van der Waals surface area contributed by atoms with Crippen molar-refractivity contribution in [3.63, 3.8) is 0 Å². The van der Waals surface area contributed by atoms with Crippen molar-refractivity contribution < 1.29 is 19.1 Å². The van der Waals surface area contributed by atoms with Gasteiger partial charge in [-0.2, -0.15) is 0 Å². The van der Waals surface area contributed by atoms with E-state index in [9.17, 15) is 14.4 Å². The zero-order valence-corrected chi connectivity index (χ0v) is 22.6. The van der Waals surface area contributed by atoms with Crippen LogP contribution in [0.4, 0.5) is 16.3 Å². The zero-order valence-electron chi connectivity index (χ0n) is 22.6. The molecule has 2 atom stereocenters. The summed E-state index contributed by atoms with van der Waals surface area (Å²) in [5.74, 6) is -0.655. The first kappa shape index (κ1) is 27.0. The van der Waals surface area contributed by atoms with Gasteiger partial charge in [-0.15, -0.1) is 0 Å². The van der Waals surface area contributed by atoms with Crippen LogP contribution in [0.5, 0.6) is 0 Å². The van der Waals surface area contributed by atoms with Crippen LogP contribution in [-0.2, 0) is 20.7 Å². The summed E-state index contributed by atoms with van der Waals surface area (Å²) in [7, 11) is 0. The number of likely N-dealkylation sites (tertiary alicyclic amines) is 1. The van der Waals surface area contributed by atoms with Gasteiger partial charge in [0.2, 0.25) is 0 Å². The van der Waals surface area contributed by atoms with Gasteiger partial charge in [0.15, 0.2) is 0 Å². The number of aryl methyl sites for hydroxylation is 1. The molecule has 0 bridgehead atoms. The topological polar surface area (TPSA) is 114 Å². The third-order valence-corrected chi connectivity index (χ3v) is 6.55. The molecular weight excluding hydrogens is 482 g/mol. The molecule has 1 aromatic carbocycles. The molecule has 4 rings (SSSR count). The monoisotopic (exact) mass is 517 g/mol. The Bertz CT molecular complexity index is 1350. The highest BCUT2D eigenvalue weighted by Crippen LogP contribution is 2.35. The van der Waals surface area contributed by atoms with Crippen molar-refractivity contribution in [2.75, 3.05) is 17.2 Å². The molecule has 3 heterocycles. The Morgan fingerprint density at radius 1 is 1.05 bits per heavy atom. The fourth-order valence-corrected chi connectivity index (χ4v) is 4.71. The minimum atomic E-state index is -0.717. The lowest BCUT2D eigenvalue weighted by Crippen LogP contribution is -2.46. The van der Waals surface area contributed by atoms with E-state index in [0.717, 1.165) is 29.2 Å². The SMILES string of the molecule is CCc1cc(NC(=O)C(=O)N2C[C@@H](C)CC[C@@H]2c2ccc3cnccc3c2)cnc1NC(=O)OC(C)(C)C. The first-order valence-electron chi connectivity index (χ1n) is 13.0. The molecule has 1 aliphatic heterocycles. The van der Waals surface area contributed by atoms with Crippen LogP contribution in [0.1, 0.15) is 64.6 Å². The molecule has 1 aliphatic rings. The second-order valence-electron chi connectivity index (χ2n) is 10.8. The third kappa shape index (κ3) is 6.45. The average molecular weight is 518 g/mol. The van der Waals surface area contributed by atoms with Crippen molar-refractivity contribution in [3.8, 4) is 0 Å². The van der Waals surface area contributed by atoms with Gasteiger partial charge < -0.3 is 15.0 Å². The van der Waals surface area contributed by atoms with E-state index in [1.807, 2.05) is 31.3 Å². The lowest BCUT2D eigenvalue weighted by atomic mass is 9.89. The number of ether oxygens (including phenoxy) is 1. The molecule has 0 saturated carbocycles. The maximum atomic E-state index is 13.4. The second-order valence-corrected chi connectivity index (χ2v) is 10.8. The molecule has 200 valence electrons. The summed E-state index contributed by atoms with van der Waals surface area (Å²) in [6.07, 6.45) is 6.68.